The van der Waals surface area contributed by atoms with E-state index in [1.807, 2.05) is 24.3 Å². The van der Waals surface area contributed by atoms with E-state index in [2.05, 4.69) is 25.3 Å². The SMILES string of the molecule is COc1ccc(-c2noc(CN3CCCC(C(=O)NCCCN4CCCCC4)C3)n2)cc1. The van der Waals surface area contributed by atoms with Crippen molar-refractivity contribution in [1.82, 2.24) is 25.3 Å². The van der Waals surface area contributed by atoms with Crippen molar-refractivity contribution in [2.45, 2.75) is 45.1 Å². The van der Waals surface area contributed by atoms with Crippen LogP contribution in [-0.2, 0) is 11.3 Å². The molecule has 2 fully saturated rings. The van der Waals surface area contributed by atoms with Crippen molar-refractivity contribution in [3.05, 3.63) is 30.2 Å². The highest BCUT2D eigenvalue weighted by Gasteiger charge is 2.26. The third kappa shape index (κ3) is 6.29. The number of ether oxygens (including phenoxy) is 1. The van der Waals surface area contributed by atoms with Gasteiger partial charge in [-0.05, 0) is 82.5 Å². The van der Waals surface area contributed by atoms with Crippen LogP contribution in [0.4, 0.5) is 0 Å². The number of likely N-dealkylation sites (tertiary alicyclic amines) is 2. The highest BCUT2D eigenvalue weighted by atomic mass is 16.5. The van der Waals surface area contributed by atoms with E-state index in [1.54, 1.807) is 7.11 Å². The summed E-state index contributed by atoms with van der Waals surface area (Å²) in [4.78, 5) is 22.0. The fraction of sp³-hybridized carbons (Fsp3) is 0.625. The molecule has 2 aliphatic heterocycles. The van der Waals surface area contributed by atoms with Gasteiger partial charge < -0.3 is 19.5 Å². The molecule has 0 spiro atoms. The Hall–Kier alpha value is -2.45. The molecule has 3 heterocycles. The molecule has 2 saturated heterocycles. The van der Waals surface area contributed by atoms with Crippen molar-refractivity contribution >= 4 is 5.91 Å². The number of amides is 1. The van der Waals surface area contributed by atoms with E-state index in [4.69, 9.17) is 9.26 Å². The number of piperidine rings is 2. The molecule has 2 aromatic rings. The first kappa shape index (κ1) is 22.7. The van der Waals surface area contributed by atoms with Crippen molar-refractivity contribution in [1.29, 1.82) is 0 Å². The van der Waals surface area contributed by atoms with Crippen LogP contribution < -0.4 is 10.1 Å². The quantitative estimate of drug-likeness (QED) is 0.599. The van der Waals surface area contributed by atoms with E-state index in [-0.39, 0.29) is 11.8 Å². The third-order valence-corrected chi connectivity index (χ3v) is 6.45. The normalized spacial score (nSPS) is 20.2. The van der Waals surface area contributed by atoms with Crippen molar-refractivity contribution < 1.29 is 14.1 Å². The van der Waals surface area contributed by atoms with Crippen LogP contribution in [0.1, 0.15) is 44.4 Å². The van der Waals surface area contributed by atoms with Crippen LogP contribution in [0.2, 0.25) is 0 Å². The number of hydrogen-bond acceptors (Lipinski definition) is 7. The van der Waals surface area contributed by atoms with Crippen molar-refractivity contribution in [2.75, 3.05) is 46.4 Å². The molecule has 8 nitrogen and oxygen atoms in total. The van der Waals surface area contributed by atoms with Crippen molar-refractivity contribution in [3.63, 3.8) is 0 Å². The number of hydrogen-bond donors (Lipinski definition) is 1. The molecule has 174 valence electrons. The van der Waals surface area contributed by atoms with E-state index in [0.29, 0.717) is 18.3 Å². The van der Waals surface area contributed by atoms with Gasteiger partial charge in [0.2, 0.25) is 17.6 Å². The minimum absolute atomic E-state index is 0.0303. The number of carbonyl (C=O) groups excluding carboxylic acids is 1. The van der Waals surface area contributed by atoms with Gasteiger partial charge in [-0.2, -0.15) is 4.98 Å². The maximum Gasteiger partial charge on any atom is 0.241 e. The first-order valence-electron chi connectivity index (χ1n) is 11.9. The van der Waals surface area contributed by atoms with Gasteiger partial charge in [0.05, 0.1) is 19.6 Å². The molecule has 1 amide bonds. The predicted octanol–water partition coefficient (Wildman–Crippen LogP) is 2.95. The molecule has 0 saturated carbocycles. The minimum atomic E-state index is 0.0303. The topological polar surface area (TPSA) is 83.7 Å². The Bertz CT molecular complexity index is 848. The third-order valence-electron chi connectivity index (χ3n) is 6.45. The minimum Gasteiger partial charge on any atom is -0.497 e. The fourth-order valence-corrected chi connectivity index (χ4v) is 4.62. The Morgan fingerprint density at radius 3 is 2.69 bits per heavy atom. The summed E-state index contributed by atoms with van der Waals surface area (Å²) in [5, 5.41) is 7.27. The number of methoxy groups -OCH3 is 1. The summed E-state index contributed by atoms with van der Waals surface area (Å²) in [5.41, 5.74) is 0.890. The van der Waals surface area contributed by atoms with E-state index < -0.39 is 0 Å². The van der Waals surface area contributed by atoms with Gasteiger partial charge in [-0.1, -0.05) is 11.6 Å². The lowest BCUT2D eigenvalue weighted by Crippen LogP contribution is -2.43. The molecule has 1 aromatic carbocycles. The highest BCUT2D eigenvalue weighted by molar-refractivity contribution is 5.78. The molecule has 1 N–H and O–H groups in total. The lowest BCUT2D eigenvalue weighted by atomic mass is 9.97. The largest absolute Gasteiger partial charge is 0.497 e. The first-order chi connectivity index (χ1) is 15.7. The zero-order valence-corrected chi connectivity index (χ0v) is 19.1. The molecular formula is C24H35N5O3. The second-order valence-corrected chi connectivity index (χ2v) is 8.86. The summed E-state index contributed by atoms with van der Waals surface area (Å²) in [6.07, 6.45) is 6.95. The molecule has 0 aliphatic carbocycles. The number of nitrogens with zero attached hydrogens (tertiary/aromatic N) is 4. The Morgan fingerprint density at radius 1 is 1.12 bits per heavy atom. The zero-order valence-electron chi connectivity index (χ0n) is 19.1. The average molecular weight is 442 g/mol. The Labute approximate surface area is 190 Å². The van der Waals surface area contributed by atoms with Gasteiger partial charge in [-0.15, -0.1) is 0 Å². The smallest absolute Gasteiger partial charge is 0.241 e. The number of carbonyl (C=O) groups is 1. The maximum atomic E-state index is 12.7. The summed E-state index contributed by atoms with van der Waals surface area (Å²) in [7, 11) is 1.64. The Morgan fingerprint density at radius 2 is 1.91 bits per heavy atom. The second kappa shape index (κ2) is 11.4. The van der Waals surface area contributed by atoms with E-state index in [1.165, 1.54) is 32.4 Å². The number of rotatable bonds is 9. The van der Waals surface area contributed by atoms with Crippen LogP contribution in [0.5, 0.6) is 5.75 Å². The summed E-state index contributed by atoms with van der Waals surface area (Å²) >= 11 is 0. The molecule has 2 aliphatic rings. The lowest BCUT2D eigenvalue weighted by Gasteiger charge is -2.31. The predicted molar refractivity (Wildman–Crippen MR) is 122 cm³/mol. The Balaban J connectivity index is 1.21. The van der Waals surface area contributed by atoms with Gasteiger partial charge in [-0.3, -0.25) is 9.69 Å². The van der Waals surface area contributed by atoms with Gasteiger partial charge in [0.1, 0.15) is 5.75 Å². The summed E-state index contributed by atoms with van der Waals surface area (Å²) in [6, 6.07) is 7.59. The van der Waals surface area contributed by atoms with Crippen LogP contribution in [0.25, 0.3) is 11.4 Å². The molecule has 1 unspecified atom stereocenters. The second-order valence-electron chi connectivity index (χ2n) is 8.86. The van der Waals surface area contributed by atoms with Crippen LogP contribution >= 0.6 is 0 Å². The number of nitrogens with one attached hydrogen (secondary N) is 1. The van der Waals surface area contributed by atoms with Gasteiger partial charge in [0.25, 0.3) is 0 Å². The monoisotopic (exact) mass is 441 g/mol. The van der Waals surface area contributed by atoms with Crippen LogP contribution in [0.15, 0.2) is 28.8 Å². The van der Waals surface area contributed by atoms with Gasteiger partial charge >= 0.3 is 0 Å². The van der Waals surface area contributed by atoms with Gasteiger partial charge in [0.15, 0.2) is 0 Å². The maximum absolute atomic E-state index is 12.7. The highest BCUT2D eigenvalue weighted by Crippen LogP contribution is 2.22. The molecule has 1 atom stereocenters. The lowest BCUT2D eigenvalue weighted by molar-refractivity contribution is -0.126. The summed E-state index contributed by atoms with van der Waals surface area (Å²) in [5.74, 6) is 2.16. The standard InChI is InChI=1S/C24H35N5O3/c1-31-21-10-8-19(9-11-21)23-26-22(32-27-23)18-29-15-5-7-20(17-29)24(30)25-12-6-16-28-13-3-2-4-14-28/h8-11,20H,2-7,12-18H2,1H3,(H,25,30). The molecule has 8 heteroatoms. The van der Waals surface area contributed by atoms with E-state index in [9.17, 15) is 4.79 Å². The van der Waals surface area contributed by atoms with Gasteiger partial charge in [-0.25, -0.2) is 0 Å². The van der Waals surface area contributed by atoms with Gasteiger partial charge in [0, 0.05) is 18.7 Å². The van der Waals surface area contributed by atoms with Crippen molar-refractivity contribution in [2.24, 2.45) is 5.92 Å². The van der Waals surface area contributed by atoms with Crippen LogP contribution in [0, 0.1) is 5.92 Å². The average Bonchev–Trinajstić information content (AvgIpc) is 3.31. The van der Waals surface area contributed by atoms with Crippen LogP contribution in [-0.4, -0.2) is 72.2 Å². The molecule has 0 bridgehead atoms. The molecule has 1 aromatic heterocycles. The molecule has 4 rings (SSSR count). The van der Waals surface area contributed by atoms with E-state index in [0.717, 1.165) is 56.8 Å². The first-order valence-corrected chi connectivity index (χ1v) is 11.9. The van der Waals surface area contributed by atoms with Crippen LogP contribution in [0.3, 0.4) is 0 Å². The molecule has 32 heavy (non-hydrogen) atoms. The summed E-state index contributed by atoms with van der Waals surface area (Å²) in [6.45, 7) is 6.52. The molecular weight excluding hydrogens is 406 g/mol. The Kier molecular flexibility index (Phi) is 8.12. The van der Waals surface area contributed by atoms with E-state index >= 15 is 0 Å². The fourth-order valence-electron chi connectivity index (χ4n) is 4.62. The number of aromatic nitrogens is 2. The zero-order chi connectivity index (χ0) is 22.2. The summed E-state index contributed by atoms with van der Waals surface area (Å²) < 4.78 is 10.7. The number of benzene rings is 1. The van der Waals surface area contributed by atoms with Crippen molar-refractivity contribution in [3.8, 4) is 17.1 Å². The molecule has 0 radical (unpaired) electrons.